The van der Waals surface area contributed by atoms with Crippen molar-refractivity contribution in [1.29, 1.82) is 0 Å². The number of aromatic nitrogens is 2. The Morgan fingerprint density at radius 3 is 2.93 bits per heavy atom. The van der Waals surface area contributed by atoms with Gasteiger partial charge >= 0.3 is 0 Å². The van der Waals surface area contributed by atoms with E-state index in [4.69, 9.17) is 16.3 Å². The van der Waals surface area contributed by atoms with Crippen LogP contribution in [0.1, 0.15) is 6.42 Å². The molecule has 0 unspecified atom stereocenters. The molecule has 1 heterocycles. The topological polar surface area (TPSA) is 64.1 Å². The summed E-state index contributed by atoms with van der Waals surface area (Å²) in [5.74, 6) is 0.221. The van der Waals surface area contributed by atoms with Crippen LogP contribution in [0.15, 0.2) is 12.4 Å². The Balaban J connectivity index is 2.44. The van der Waals surface area contributed by atoms with Crippen molar-refractivity contribution in [2.24, 2.45) is 0 Å². The maximum atomic E-state index is 11.2. The largest absolute Gasteiger partial charge is 0.384 e. The molecule has 76 valence electrons. The first-order valence-corrected chi connectivity index (χ1v) is 4.36. The highest BCUT2D eigenvalue weighted by molar-refractivity contribution is 6.29. The van der Waals surface area contributed by atoms with Gasteiger partial charge in [-0.3, -0.25) is 4.79 Å². The van der Waals surface area contributed by atoms with E-state index in [1.165, 1.54) is 19.5 Å². The average molecular weight is 216 g/mol. The van der Waals surface area contributed by atoms with Crippen LogP contribution in [0.4, 0.5) is 5.82 Å². The molecule has 0 aliphatic rings. The summed E-state index contributed by atoms with van der Waals surface area (Å²) in [7, 11) is 1.54. The molecule has 1 aromatic rings. The van der Waals surface area contributed by atoms with Gasteiger partial charge in [0.05, 0.1) is 25.4 Å². The van der Waals surface area contributed by atoms with Crippen molar-refractivity contribution in [3.05, 3.63) is 17.5 Å². The highest BCUT2D eigenvalue weighted by atomic mass is 35.5. The summed E-state index contributed by atoms with van der Waals surface area (Å²) < 4.78 is 4.75. The molecule has 0 bridgehead atoms. The van der Waals surface area contributed by atoms with Crippen molar-refractivity contribution < 1.29 is 9.53 Å². The molecular formula is C8H10ClN3O2. The zero-order valence-corrected chi connectivity index (χ0v) is 8.41. The van der Waals surface area contributed by atoms with Crippen molar-refractivity contribution >= 4 is 23.3 Å². The molecule has 0 fully saturated rings. The van der Waals surface area contributed by atoms with Crippen LogP contribution >= 0.6 is 11.6 Å². The number of methoxy groups -OCH3 is 1. The first-order chi connectivity index (χ1) is 6.72. The Morgan fingerprint density at radius 1 is 1.57 bits per heavy atom. The van der Waals surface area contributed by atoms with Crippen LogP contribution in [0.25, 0.3) is 0 Å². The molecular weight excluding hydrogens is 206 g/mol. The fraction of sp³-hybridized carbons (Fsp3) is 0.375. The van der Waals surface area contributed by atoms with Crippen molar-refractivity contribution in [2.75, 3.05) is 19.0 Å². The van der Waals surface area contributed by atoms with Gasteiger partial charge in [-0.1, -0.05) is 11.6 Å². The monoisotopic (exact) mass is 215 g/mol. The number of nitrogens with one attached hydrogen (secondary N) is 1. The third kappa shape index (κ3) is 3.68. The minimum atomic E-state index is -0.163. The molecule has 0 atom stereocenters. The number of amides is 1. The molecule has 5 nitrogen and oxygen atoms in total. The SMILES string of the molecule is COCCC(=O)Nc1cnc(Cl)cn1. The summed E-state index contributed by atoms with van der Waals surface area (Å²) in [6.45, 7) is 0.382. The number of hydrogen-bond acceptors (Lipinski definition) is 4. The normalized spacial score (nSPS) is 9.86. The van der Waals surface area contributed by atoms with E-state index in [2.05, 4.69) is 15.3 Å². The highest BCUT2D eigenvalue weighted by Gasteiger charge is 2.02. The molecule has 0 aliphatic carbocycles. The second-order valence-corrected chi connectivity index (χ2v) is 2.90. The molecule has 0 radical (unpaired) electrons. The summed E-state index contributed by atoms with van der Waals surface area (Å²) in [6.07, 6.45) is 3.06. The van der Waals surface area contributed by atoms with Gasteiger partial charge in [-0.25, -0.2) is 9.97 Å². The van der Waals surface area contributed by atoms with Crippen LogP contribution in [-0.4, -0.2) is 29.6 Å². The van der Waals surface area contributed by atoms with Crippen LogP contribution in [0.5, 0.6) is 0 Å². The molecule has 1 N–H and O–H groups in total. The van der Waals surface area contributed by atoms with Gasteiger partial charge in [-0.05, 0) is 0 Å². The van der Waals surface area contributed by atoms with Crippen molar-refractivity contribution in [3.63, 3.8) is 0 Å². The van der Waals surface area contributed by atoms with E-state index in [1.54, 1.807) is 0 Å². The van der Waals surface area contributed by atoms with E-state index in [9.17, 15) is 4.79 Å². The zero-order chi connectivity index (χ0) is 10.4. The lowest BCUT2D eigenvalue weighted by Gasteiger charge is -2.02. The predicted molar refractivity (Wildman–Crippen MR) is 52.2 cm³/mol. The van der Waals surface area contributed by atoms with Crippen LogP contribution in [0.3, 0.4) is 0 Å². The Kier molecular flexibility index (Phi) is 4.28. The summed E-state index contributed by atoms with van der Waals surface area (Å²) in [5, 5.41) is 2.84. The Bertz CT molecular complexity index is 302. The van der Waals surface area contributed by atoms with Gasteiger partial charge in [0.15, 0.2) is 5.82 Å². The second-order valence-electron chi connectivity index (χ2n) is 2.52. The fourth-order valence-electron chi connectivity index (χ4n) is 0.777. The Labute approximate surface area is 86.5 Å². The maximum absolute atomic E-state index is 11.2. The van der Waals surface area contributed by atoms with E-state index >= 15 is 0 Å². The van der Waals surface area contributed by atoms with Gasteiger partial charge in [0.25, 0.3) is 0 Å². The molecule has 0 saturated heterocycles. The van der Waals surface area contributed by atoms with E-state index in [0.29, 0.717) is 24.0 Å². The number of rotatable bonds is 4. The standard InChI is InChI=1S/C8H10ClN3O2/c1-14-3-2-8(13)12-7-5-10-6(9)4-11-7/h4-5H,2-3H2,1H3,(H,11,12,13). The number of carbonyl (C=O) groups is 1. The third-order valence-electron chi connectivity index (χ3n) is 1.42. The summed E-state index contributed by atoms with van der Waals surface area (Å²) >= 11 is 5.53. The molecule has 0 aliphatic heterocycles. The minimum Gasteiger partial charge on any atom is -0.384 e. The number of anilines is 1. The lowest BCUT2D eigenvalue weighted by atomic mass is 10.4. The summed E-state index contributed by atoms with van der Waals surface area (Å²) in [5.41, 5.74) is 0. The Hall–Kier alpha value is -1.20. The summed E-state index contributed by atoms with van der Waals surface area (Å²) in [6, 6.07) is 0. The van der Waals surface area contributed by atoms with E-state index < -0.39 is 0 Å². The molecule has 0 spiro atoms. The molecule has 1 rings (SSSR count). The molecule has 6 heteroatoms. The zero-order valence-electron chi connectivity index (χ0n) is 7.66. The number of ether oxygens (including phenoxy) is 1. The van der Waals surface area contributed by atoms with Crippen molar-refractivity contribution in [1.82, 2.24) is 9.97 Å². The first kappa shape index (κ1) is 10.9. The van der Waals surface area contributed by atoms with Crippen LogP contribution < -0.4 is 5.32 Å². The molecule has 14 heavy (non-hydrogen) atoms. The van der Waals surface area contributed by atoms with E-state index in [0.717, 1.165) is 0 Å². The van der Waals surface area contributed by atoms with Gasteiger partial charge in [0, 0.05) is 7.11 Å². The van der Waals surface area contributed by atoms with E-state index in [-0.39, 0.29) is 5.91 Å². The number of halogens is 1. The van der Waals surface area contributed by atoms with Crippen molar-refractivity contribution in [2.45, 2.75) is 6.42 Å². The Morgan fingerprint density at radius 2 is 2.36 bits per heavy atom. The predicted octanol–water partition coefficient (Wildman–Crippen LogP) is 1.10. The lowest BCUT2D eigenvalue weighted by molar-refractivity contribution is -0.117. The van der Waals surface area contributed by atoms with Crippen LogP contribution in [0, 0.1) is 0 Å². The second kappa shape index (κ2) is 5.51. The van der Waals surface area contributed by atoms with Gasteiger partial charge < -0.3 is 10.1 Å². The quantitative estimate of drug-likeness (QED) is 0.817. The van der Waals surface area contributed by atoms with Gasteiger partial charge in [0.1, 0.15) is 5.15 Å². The average Bonchev–Trinajstić information content (AvgIpc) is 2.18. The van der Waals surface area contributed by atoms with E-state index in [1.807, 2.05) is 0 Å². The van der Waals surface area contributed by atoms with Gasteiger partial charge in [-0.15, -0.1) is 0 Å². The van der Waals surface area contributed by atoms with Crippen molar-refractivity contribution in [3.8, 4) is 0 Å². The highest BCUT2D eigenvalue weighted by Crippen LogP contribution is 2.05. The fourth-order valence-corrected chi connectivity index (χ4v) is 0.875. The molecule has 1 aromatic heterocycles. The number of carbonyl (C=O) groups excluding carboxylic acids is 1. The van der Waals surface area contributed by atoms with Crippen LogP contribution in [-0.2, 0) is 9.53 Å². The minimum absolute atomic E-state index is 0.163. The lowest BCUT2D eigenvalue weighted by Crippen LogP contribution is -2.14. The maximum Gasteiger partial charge on any atom is 0.227 e. The number of hydrogen-bond donors (Lipinski definition) is 1. The van der Waals surface area contributed by atoms with Gasteiger partial charge in [-0.2, -0.15) is 0 Å². The molecule has 0 aromatic carbocycles. The van der Waals surface area contributed by atoms with Gasteiger partial charge in [0.2, 0.25) is 5.91 Å². The summed E-state index contributed by atoms with van der Waals surface area (Å²) in [4.78, 5) is 18.8. The van der Waals surface area contributed by atoms with Crippen LogP contribution in [0.2, 0.25) is 5.15 Å². The first-order valence-electron chi connectivity index (χ1n) is 3.98. The smallest absolute Gasteiger partial charge is 0.227 e. The third-order valence-corrected chi connectivity index (χ3v) is 1.62. The molecule has 1 amide bonds. The molecule has 0 saturated carbocycles. The number of nitrogens with zero attached hydrogens (tertiary/aromatic N) is 2.